The second-order valence-electron chi connectivity index (χ2n) is 9.94. The molecule has 1 unspecified atom stereocenters. The molecule has 166 valence electrons. The molecule has 3 aromatic carbocycles. The first-order chi connectivity index (χ1) is 16.0. The van der Waals surface area contributed by atoms with Crippen LogP contribution < -0.4 is 4.90 Å². The fourth-order valence-corrected chi connectivity index (χ4v) is 6.38. The summed E-state index contributed by atoms with van der Waals surface area (Å²) in [6.45, 7) is 11.3. The van der Waals surface area contributed by atoms with Gasteiger partial charge in [0, 0.05) is 34.5 Å². The lowest BCUT2D eigenvalue weighted by atomic mass is 9.72. The van der Waals surface area contributed by atoms with Crippen molar-refractivity contribution in [1.29, 1.82) is 0 Å². The van der Waals surface area contributed by atoms with Crippen LogP contribution in [0, 0.1) is 20.8 Å². The molecule has 2 heteroatoms. The van der Waals surface area contributed by atoms with Crippen LogP contribution in [0.25, 0.3) is 16.8 Å². The van der Waals surface area contributed by atoms with Gasteiger partial charge >= 0.3 is 0 Å². The normalized spacial score (nSPS) is 19.2. The van der Waals surface area contributed by atoms with Crippen molar-refractivity contribution in [2.45, 2.75) is 59.0 Å². The molecule has 2 nitrogen and oxygen atoms in total. The van der Waals surface area contributed by atoms with E-state index >= 15 is 0 Å². The molecule has 0 aromatic heterocycles. The van der Waals surface area contributed by atoms with Gasteiger partial charge in [-0.1, -0.05) is 68.0 Å². The minimum Gasteiger partial charge on any atom is -0.327 e. The van der Waals surface area contributed by atoms with Gasteiger partial charge in [0.2, 0.25) is 0 Å². The van der Waals surface area contributed by atoms with E-state index in [1.54, 1.807) is 0 Å². The Bertz CT molecular complexity index is 1320. The molecular formula is C31H32N2. The molecule has 0 fully saturated rings. The van der Waals surface area contributed by atoms with E-state index < -0.39 is 0 Å². The summed E-state index contributed by atoms with van der Waals surface area (Å²) >= 11 is 0. The fraction of sp³-hybridized carbons (Fsp3) is 0.290. The zero-order valence-corrected chi connectivity index (χ0v) is 20.3. The summed E-state index contributed by atoms with van der Waals surface area (Å²) in [6, 6.07) is 20.6. The molecule has 3 aliphatic rings. The maximum absolute atomic E-state index is 2.60. The van der Waals surface area contributed by atoms with E-state index in [1.807, 2.05) is 0 Å². The molecule has 0 radical (unpaired) electrons. The number of fused-ring (bicyclic) bond motifs is 3. The Kier molecular flexibility index (Phi) is 4.39. The van der Waals surface area contributed by atoms with Crippen molar-refractivity contribution in [3.05, 3.63) is 106 Å². The third kappa shape index (κ3) is 2.67. The average Bonchev–Trinajstić information content (AvgIpc) is 3.12. The number of benzene rings is 3. The molecule has 0 N–H and O–H groups in total. The Balaban J connectivity index is 1.71. The van der Waals surface area contributed by atoms with Gasteiger partial charge < -0.3 is 9.80 Å². The summed E-state index contributed by atoms with van der Waals surface area (Å²) in [4.78, 5) is 5.06. The SMILES string of the molecule is CCC1(CC)C=CN2C=C(c3c(C)cccc3C)N3c4ccc(C)cc4-c4cccc1c4C23. The summed E-state index contributed by atoms with van der Waals surface area (Å²) in [5.41, 5.74) is 13.7. The summed E-state index contributed by atoms with van der Waals surface area (Å²) in [5, 5.41) is 0. The Morgan fingerprint density at radius 2 is 1.58 bits per heavy atom. The van der Waals surface area contributed by atoms with Gasteiger partial charge in [-0.15, -0.1) is 0 Å². The molecular weight excluding hydrogens is 400 g/mol. The maximum Gasteiger partial charge on any atom is 0.137 e. The lowest BCUT2D eigenvalue weighted by Gasteiger charge is -2.42. The monoisotopic (exact) mass is 432 g/mol. The number of hydrogen-bond acceptors (Lipinski definition) is 2. The maximum atomic E-state index is 2.60. The van der Waals surface area contributed by atoms with Crippen LogP contribution in [0.4, 0.5) is 5.69 Å². The molecule has 6 rings (SSSR count). The second-order valence-corrected chi connectivity index (χ2v) is 9.94. The van der Waals surface area contributed by atoms with Crippen LogP contribution in [-0.4, -0.2) is 4.90 Å². The highest BCUT2D eigenvalue weighted by molar-refractivity contribution is 5.96. The molecule has 3 aromatic rings. The van der Waals surface area contributed by atoms with E-state index in [2.05, 4.69) is 117 Å². The van der Waals surface area contributed by atoms with E-state index in [4.69, 9.17) is 0 Å². The van der Waals surface area contributed by atoms with Crippen molar-refractivity contribution in [2.75, 3.05) is 4.90 Å². The smallest absolute Gasteiger partial charge is 0.137 e. The van der Waals surface area contributed by atoms with Gasteiger partial charge in [-0.25, -0.2) is 0 Å². The number of anilines is 1. The summed E-state index contributed by atoms with van der Waals surface area (Å²) in [5.74, 6) is 0. The number of allylic oxidation sites excluding steroid dienone is 1. The van der Waals surface area contributed by atoms with E-state index in [0.29, 0.717) is 0 Å². The first-order valence-corrected chi connectivity index (χ1v) is 12.3. The van der Waals surface area contributed by atoms with E-state index in [0.717, 1.165) is 12.8 Å². The van der Waals surface area contributed by atoms with Gasteiger partial charge in [-0.05, 0) is 68.0 Å². The zero-order chi connectivity index (χ0) is 22.9. The highest BCUT2D eigenvalue weighted by Gasteiger charge is 2.46. The van der Waals surface area contributed by atoms with Crippen molar-refractivity contribution in [3.8, 4) is 11.1 Å². The molecule has 0 aliphatic carbocycles. The van der Waals surface area contributed by atoms with Crippen molar-refractivity contribution in [3.63, 3.8) is 0 Å². The highest BCUT2D eigenvalue weighted by atomic mass is 15.4. The summed E-state index contributed by atoms with van der Waals surface area (Å²) in [6.07, 6.45) is 9.56. The van der Waals surface area contributed by atoms with Crippen LogP contribution in [0.3, 0.4) is 0 Å². The van der Waals surface area contributed by atoms with Crippen molar-refractivity contribution >= 4 is 11.4 Å². The molecule has 3 aliphatic heterocycles. The minimum absolute atomic E-state index is 0.0647. The van der Waals surface area contributed by atoms with Crippen LogP contribution in [0.15, 0.2) is 73.1 Å². The standard InChI is InChI=1S/C31H32N2/c1-6-31(7-2)16-17-32-19-27(28-21(4)10-8-11-22(28)5)33-26-15-14-20(3)18-24(26)23-12-9-13-25(31)29(23)30(32)33/h8-19,30H,6-7H2,1-5H3. The summed E-state index contributed by atoms with van der Waals surface area (Å²) in [7, 11) is 0. The quantitative estimate of drug-likeness (QED) is 0.414. The number of nitrogens with zero attached hydrogens (tertiary/aromatic N) is 2. The van der Waals surface area contributed by atoms with Gasteiger partial charge in [-0.3, -0.25) is 0 Å². The third-order valence-electron chi connectivity index (χ3n) is 8.23. The predicted octanol–water partition coefficient (Wildman–Crippen LogP) is 8.00. The molecule has 1 atom stereocenters. The fourth-order valence-electron chi connectivity index (χ4n) is 6.38. The van der Waals surface area contributed by atoms with Gasteiger partial charge in [0.25, 0.3) is 0 Å². The Hall–Kier alpha value is -3.26. The first kappa shape index (κ1) is 20.4. The van der Waals surface area contributed by atoms with Crippen LogP contribution in [0.1, 0.15) is 66.2 Å². The predicted molar refractivity (Wildman–Crippen MR) is 139 cm³/mol. The Labute approximate surface area is 197 Å². The number of hydrogen-bond donors (Lipinski definition) is 0. The lowest BCUT2D eigenvalue weighted by Crippen LogP contribution is -2.34. The van der Waals surface area contributed by atoms with Crippen LogP contribution in [0.2, 0.25) is 0 Å². The van der Waals surface area contributed by atoms with Crippen molar-refractivity contribution < 1.29 is 0 Å². The molecule has 0 saturated heterocycles. The molecule has 0 saturated carbocycles. The highest BCUT2D eigenvalue weighted by Crippen LogP contribution is 2.57. The number of rotatable bonds is 3. The van der Waals surface area contributed by atoms with Crippen LogP contribution in [-0.2, 0) is 5.41 Å². The zero-order valence-electron chi connectivity index (χ0n) is 20.3. The van der Waals surface area contributed by atoms with Gasteiger partial charge in [-0.2, -0.15) is 0 Å². The Morgan fingerprint density at radius 3 is 2.30 bits per heavy atom. The van der Waals surface area contributed by atoms with E-state index in [1.165, 1.54) is 55.9 Å². The topological polar surface area (TPSA) is 6.48 Å². The lowest BCUT2D eigenvalue weighted by molar-refractivity contribution is 0.408. The van der Waals surface area contributed by atoms with Crippen LogP contribution >= 0.6 is 0 Å². The van der Waals surface area contributed by atoms with Gasteiger partial charge in [0.15, 0.2) is 0 Å². The van der Waals surface area contributed by atoms with E-state index in [-0.39, 0.29) is 11.6 Å². The van der Waals surface area contributed by atoms with E-state index in [9.17, 15) is 0 Å². The van der Waals surface area contributed by atoms with Gasteiger partial charge in [0.1, 0.15) is 6.17 Å². The largest absolute Gasteiger partial charge is 0.327 e. The molecule has 0 bridgehead atoms. The molecule has 0 amide bonds. The minimum atomic E-state index is 0.0647. The molecule has 0 spiro atoms. The van der Waals surface area contributed by atoms with Crippen molar-refractivity contribution in [2.24, 2.45) is 0 Å². The van der Waals surface area contributed by atoms with Crippen molar-refractivity contribution in [1.82, 2.24) is 4.90 Å². The third-order valence-corrected chi connectivity index (χ3v) is 8.23. The second kappa shape index (κ2) is 7.12. The number of aryl methyl sites for hydroxylation is 3. The molecule has 33 heavy (non-hydrogen) atoms. The van der Waals surface area contributed by atoms with Gasteiger partial charge in [0.05, 0.1) is 11.4 Å². The molecule has 3 heterocycles. The first-order valence-electron chi connectivity index (χ1n) is 12.3. The van der Waals surface area contributed by atoms with Crippen LogP contribution in [0.5, 0.6) is 0 Å². The average molecular weight is 433 g/mol. The summed E-state index contributed by atoms with van der Waals surface area (Å²) < 4.78 is 0. The Morgan fingerprint density at radius 1 is 0.848 bits per heavy atom.